The van der Waals surface area contributed by atoms with Crippen LogP contribution in [-0.2, 0) is 0 Å². The number of carbonyl (C=O) groups excluding carboxylic acids is 3. The number of ether oxygens (including phenoxy) is 1. The summed E-state index contributed by atoms with van der Waals surface area (Å²) >= 11 is 0. The largest absolute Gasteiger partial charge is 0.482 e. The normalized spacial score (nSPS) is 11.9. The Labute approximate surface area is 141 Å². The lowest BCUT2D eigenvalue weighted by molar-refractivity contribution is 0.0812. The van der Waals surface area contributed by atoms with E-state index in [1.54, 1.807) is 45.0 Å². The number of Topliss-reactive ketones (excluding diaryl/α,β-unsaturated/α-hetero) is 3. The van der Waals surface area contributed by atoms with Crippen LogP contribution in [0.2, 0.25) is 0 Å². The van der Waals surface area contributed by atoms with Crippen molar-refractivity contribution in [1.29, 1.82) is 0 Å². The fraction of sp³-hybridized carbons (Fsp3) is 0.316. The maximum absolute atomic E-state index is 12.6. The predicted octanol–water partition coefficient (Wildman–Crippen LogP) is 3.69. The topological polar surface area (TPSA) is 76.2 Å². The average molecular weight is 327 g/mol. The van der Waals surface area contributed by atoms with Crippen LogP contribution in [0.3, 0.4) is 0 Å². The maximum Gasteiger partial charge on any atom is 0.219 e. The molecular weight excluding hydrogens is 306 g/mol. The van der Waals surface area contributed by atoms with Crippen molar-refractivity contribution in [2.24, 2.45) is 0 Å². The highest BCUT2D eigenvalue weighted by molar-refractivity contribution is 6.04. The average Bonchev–Trinajstić information content (AvgIpc) is 2.81. The lowest BCUT2D eigenvalue weighted by Gasteiger charge is -2.14. The molecule has 0 aliphatic heterocycles. The molecule has 0 bridgehead atoms. The molecule has 0 aliphatic rings. The van der Waals surface area contributed by atoms with Crippen molar-refractivity contribution >= 4 is 17.3 Å². The van der Waals surface area contributed by atoms with E-state index < -0.39 is 6.10 Å². The molecule has 1 atom stereocenters. The number of hydrogen-bond acceptors (Lipinski definition) is 4. The summed E-state index contributed by atoms with van der Waals surface area (Å²) in [6.45, 7) is 8.11. The van der Waals surface area contributed by atoms with Crippen LogP contribution in [0, 0.1) is 13.8 Å². The van der Waals surface area contributed by atoms with Crippen LogP contribution in [0.15, 0.2) is 24.3 Å². The summed E-state index contributed by atoms with van der Waals surface area (Å²) in [5.74, 6) is 0.0667. The van der Waals surface area contributed by atoms with E-state index >= 15 is 0 Å². The molecule has 5 heteroatoms. The molecule has 0 fully saturated rings. The zero-order valence-corrected chi connectivity index (χ0v) is 14.5. The molecule has 1 aromatic carbocycles. The Morgan fingerprint density at radius 1 is 1.08 bits per heavy atom. The molecule has 2 aromatic rings. The molecule has 0 aliphatic carbocycles. The van der Waals surface area contributed by atoms with Crippen molar-refractivity contribution in [2.45, 2.75) is 40.7 Å². The second-order valence-corrected chi connectivity index (χ2v) is 5.89. The van der Waals surface area contributed by atoms with Crippen molar-refractivity contribution in [1.82, 2.24) is 4.98 Å². The number of aromatic nitrogens is 1. The van der Waals surface area contributed by atoms with Crippen LogP contribution in [-0.4, -0.2) is 28.4 Å². The van der Waals surface area contributed by atoms with Gasteiger partial charge in [-0.25, -0.2) is 0 Å². The van der Waals surface area contributed by atoms with Gasteiger partial charge >= 0.3 is 0 Å². The Balaban J connectivity index is 2.25. The first-order valence-corrected chi connectivity index (χ1v) is 7.74. The van der Waals surface area contributed by atoms with E-state index in [1.165, 1.54) is 13.8 Å². The Morgan fingerprint density at radius 2 is 1.75 bits per heavy atom. The van der Waals surface area contributed by atoms with E-state index in [2.05, 4.69) is 4.98 Å². The van der Waals surface area contributed by atoms with E-state index in [9.17, 15) is 14.4 Å². The summed E-state index contributed by atoms with van der Waals surface area (Å²) in [5.41, 5.74) is 2.77. The van der Waals surface area contributed by atoms with Crippen molar-refractivity contribution in [3.63, 3.8) is 0 Å². The monoisotopic (exact) mass is 327 g/mol. The van der Waals surface area contributed by atoms with Gasteiger partial charge in [0.1, 0.15) is 5.75 Å². The van der Waals surface area contributed by atoms with E-state index in [-0.39, 0.29) is 17.3 Å². The number of benzene rings is 1. The molecule has 1 N–H and O–H groups in total. The molecule has 0 amide bonds. The second kappa shape index (κ2) is 6.83. The number of nitrogens with one attached hydrogen (secondary N) is 1. The van der Waals surface area contributed by atoms with Gasteiger partial charge in [0.2, 0.25) is 5.78 Å². The molecule has 0 radical (unpaired) electrons. The van der Waals surface area contributed by atoms with E-state index in [0.29, 0.717) is 33.8 Å². The molecule has 5 nitrogen and oxygen atoms in total. The van der Waals surface area contributed by atoms with Crippen LogP contribution in [0.25, 0.3) is 0 Å². The zero-order valence-electron chi connectivity index (χ0n) is 14.5. The Morgan fingerprint density at radius 3 is 2.29 bits per heavy atom. The van der Waals surface area contributed by atoms with Crippen molar-refractivity contribution in [3.05, 3.63) is 52.3 Å². The van der Waals surface area contributed by atoms with Gasteiger partial charge in [0.15, 0.2) is 17.7 Å². The molecule has 1 heterocycles. The summed E-state index contributed by atoms with van der Waals surface area (Å²) in [7, 11) is 0. The molecule has 0 spiro atoms. The van der Waals surface area contributed by atoms with Gasteiger partial charge in [0.05, 0.1) is 5.69 Å². The molecule has 126 valence electrons. The van der Waals surface area contributed by atoms with Gasteiger partial charge in [-0.2, -0.15) is 0 Å². The summed E-state index contributed by atoms with van der Waals surface area (Å²) in [6.07, 6.45) is -0.747. The van der Waals surface area contributed by atoms with E-state index in [4.69, 9.17) is 4.74 Å². The third-order valence-corrected chi connectivity index (χ3v) is 3.96. The Kier molecular flexibility index (Phi) is 5.02. The first-order chi connectivity index (χ1) is 11.2. The van der Waals surface area contributed by atoms with Crippen LogP contribution in [0.4, 0.5) is 0 Å². The minimum atomic E-state index is -0.747. The minimum Gasteiger partial charge on any atom is -0.482 e. The van der Waals surface area contributed by atoms with Gasteiger partial charge in [0.25, 0.3) is 0 Å². The highest BCUT2D eigenvalue weighted by Gasteiger charge is 2.24. The quantitative estimate of drug-likeness (QED) is 0.821. The minimum absolute atomic E-state index is 0.0682. The highest BCUT2D eigenvalue weighted by Crippen LogP contribution is 2.22. The molecule has 2 rings (SSSR count). The summed E-state index contributed by atoms with van der Waals surface area (Å²) in [4.78, 5) is 38.7. The summed E-state index contributed by atoms with van der Waals surface area (Å²) in [5, 5.41) is 0. The third kappa shape index (κ3) is 3.45. The molecule has 0 unspecified atom stereocenters. The fourth-order valence-electron chi connectivity index (χ4n) is 2.77. The third-order valence-electron chi connectivity index (χ3n) is 3.96. The van der Waals surface area contributed by atoms with Crippen LogP contribution >= 0.6 is 0 Å². The SMILES string of the molecule is CC(=O)c1cccc(O[C@H](C)C(=O)c2[nH]c(C)c(C(C)=O)c2C)c1. The number of aromatic amines is 1. The molecule has 24 heavy (non-hydrogen) atoms. The first-order valence-electron chi connectivity index (χ1n) is 7.74. The molecule has 1 aromatic heterocycles. The lowest BCUT2D eigenvalue weighted by atomic mass is 10.0. The predicted molar refractivity (Wildman–Crippen MR) is 91.1 cm³/mol. The van der Waals surface area contributed by atoms with E-state index in [0.717, 1.165) is 0 Å². The second-order valence-electron chi connectivity index (χ2n) is 5.89. The van der Waals surface area contributed by atoms with Crippen LogP contribution < -0.4 is 4.74 Å². The summed E-state index contributed by atoms with van der Waals surface area (Å²) < 4.78 is 5.68. The number of ketones is 3. The summed E-state index contributed by atoms with van der Waals surface area (Å²) in [6, 6.07) is 6.71. The number of carbonyl (C=O) groups is 3. The van der Waals surface area contributed by atoms with Crippen LogP contribution in [0.5, 0.6) is 5.75 Å². The van der Waals surface area contributed by atoms with Gasteiger partial charge in [-0.05, 0) is 52.3 Å². The van der Waals surface area contributed by atoms with Gasteiger partial charge < -0.3 is 9.72 Å². The smallest absolute Gasteiger partial charge is 0.219 e. The van der Waals surface area contributed by atoms with E-state index in [1.807, 2.05) is 0 Å². The van der Waals surface area contributed by atoms with Gasteiger partial charge in [-0.1, -0.05) is 12.1 Å². The van der Waals surface area contributed by atoms with Crippen molar-refractivity contribution < 1.29 is 19.1 Å². The number of aryl methyl sites for hydroxylation is 1. The van der Waals surface area contributed by atoms with Crippen LogP contribution in [0.1, 0.15) is 63.2 Å². The fourth-order valence-corrected chi connectivity index (χ4v) is 2.77. The lowest BCUT2D eigenvalue weighted by Crippen LogP contribution is -2.25. The highest BCUT2D eigenvalue weighted by atomic mass is 16.5. The zero-order chi connectivity index (χ0) is 18.0. The maximum atomic E-state index is 12.6. The van der Waals surface area contributed by atoms with Gasteiger partial charge in [-0.3, -0.25) is 14.4 Å². The Bertz CT molecular complexity index is 817. The standard InChI is InChI=1S/C19H21NO4/c1-10-17(13(4)22)11(2)20-18(10)19(23)14(5)24-16-8-6-7-15(9-16)12(3)21/h6-9,14,20H,1-5H3/t14-/m1/s1. The number of rotatable bonds is 6. The number of H-pyrrole nitrogens is 1. The molecule has 0 saturated heterocycles. The molecular formula is C19H21NO4. The van der Waals surface area contributed by atoms with Crippen molar-refractivity contribution in [2.75, 3.05) is 0 Å². The Hall–Kier alpha value is -2.69. The molecule has 0 saturated carbocycles. The number of hydrogen-bond donors (Lipinski definition) is 1. The van der Waals surface area contributed by atoms with Gasteiger partial charge in [-0.15, -0.1) is 0 Å². The first kappa shape index (κ1) is 17.7. The van der Waals surface area contributed by atoms with Gasteiger partial charge in [0, 0.05) is 16.8 Å². The van der Waals surface area contributed by atoms with Crippen molar-refractivity contribution in [3.8, 4) is 5.75 Å².